The number of nitrogens with zero attached hydrogens (tertiary/aromatic N) is 3. The molecule has 22 atom stereocenters. The lowest BCUT2D eigenvalue weighted by Crippen LogP contribution is -2.64. The second-order valence-electron chi connectivity index (χ2n) is 20.7. The van der Waals surface area contributed by atoms with Crippen LogP contribution in [0.4, 0.5) is 5.82 Å². The number of likely N-dealkylation sites (tertiary alicyclic amines) is 1. The minimum Gasteiger partial charge on any atom is -0.477 e. The number of nitrogens with one attached hydrogen (secondary N) is 2. The third-order valence-corrected chi connectivity index (χ3v) is 17.0. The topological polar surface area (TPSA) is 580 Å². The first-order valence-electron chi connectivity index (χ1n) is 27.3. The van der Waals surface area contributed by atoms with Crippen molar-refractivity contribution in [3.8, 4) is 0 Å². The fourth-order valence-electron chi connectivity index (χ4n) is 10.0. The van der Waals surface area contributed by atoms with E-state index in [2.05, 4.69) is 15.6 Å². The summed E-state index contributed by atoms with van der Waals surface area (Å²) in [6.45, 7) is -4.30. The summed E-state index contributed by atoms with van der Waals surface area (Å²) in [5.74, 6) is -10.2. The molecule has 1 aromatic rings. The molecule has 0 bridgehead atoms. The number of methoxy groups -OCH3 is 1. The van der Waals surface area contributed by atoms with Crippen LogP contribution in [0.2, 0.25) is 0 Å². The van der Waals surface area contributed by atoms with Crippen LogP contribution in [0, 0.1) is 5.92 Å². The third kappa shape index (κ3) is 18.0. The number of carboxylic acids is 1. The molecule has 5 saturated heterocycles. The molecule has 6 heterocycles. The Kier molecular flexibility index (Phi) is 26.6. The standard InChI is InChI=1S/C48H73N6O32PS/c1-77-40-34(67)37(70)44(84-45(40)79-19-57)83-39-24(17-56)82-43(36(69)33(39)66)78-10-7-50-28(61)4-2-8-53-30(63)13-26(41(53)71)88-11-3-5-29(62)51-15-20(58)12-21-22(59)14-48(46(72)73,85-38(21)31(64)23(60)16-55)86-87(75,76)80-18-25-32(65)35(68)42(81-25)54-9-6-27(49)52-47(54)74/h6,9,19,21-26,31-40,42-45,55-56,59-60,64-70H,2-5,7-8,10-18H2,1H3,(H,50,61)(H,51,62)(H,72,73)(H,75,76)(H2,49,52,74)/t21-,22-,23-,24?,25-,26?,31-,32+,33-,34-,35?,36?,37?,38?,39-,40+,42-,43-,44-,45?,48-/m1/s1. The Balaban J connectivity index is 0.880. The summed E-state index contributed by atoms with van der Waals surface area (Å²) in [6, 6.07) is 1.17. The van der Waals surface area contributed by atoms with Gasteiger partial charge in [-0.25, -0.2) is 18.7 Å². The number of aromatic nitrogens is 2. The molecule has 5 aliphatic heterocycles. The Bertz CT molecular complexity index is 2670. The molecule has 0 spiro atoms. The predicted octanol–water partition coefficient (Wildman–Crippen LogP) is -9.12. The summed E-state index contributed by atoms with van der Waals surface area (Å²) in [4.78, 5) is 115. The monoisotopic (exact) mass is 1310 g/mol. The van der Waals surface area contributed by atoms with Gasteiger partial charge in [0.2, 0.25) is 29.9 Å². The summed E-state index contributed by atoms with van der Waals surface area (Å²) >= 11 is 1.09. The molecule has 88 heavy (non-hydrogen) atoms. The van der Waals surface area contributed by atoms with E-state index in [0.29, 0.717) is 0 Å². The Hall–Kier alpha value is -4.89. The van der Waals surface area contributed by atoms with Gasteiger partial charge in [-0.15, -0.1) is 11.8 Å². The van der Waals surface area contributed by atoms with E-state index in [1.807, 2.05) is 0 Å². The molecule has 38 nitrogen and oxygen atoms in total. The van der Waals surface area contributed by atoms with Gasteiger partial charge in [-0.1, -0.05) is 0 Å². The minimum absolute atomic E-state index is 0.00218. The Morgan fingerprint density at radius 2 is 1.59 bits per heavy atom. The summed E-state index contributed by atoms with van der Waals surface area (Å²) in [6.07, 6.45) is -33.1. The van der Waals surface area contributed by atoms with Gasteiger partial charge in [-0.2, -0.15) is 4.98 Å². The number of hydrogen-bond donors (Lipinski definition) is 16. The number of amides is 4. The fraction of sp³-hybridized carbons (Fsp3) is 0.771. The number of hydrogen-bond acceptors (Lipinski definition) is 33. The molecular formula is C48H73N6O32PS. The van der Waals surface area contributed by atoms with Gasteiger partial charge in [0.1, 0.15) is 79.1 Å². The SMILES string of the molecule is CO[C@@H]1C(OC=O)O[C@@H](O[C@@H]2C(CO)O[C@@H](OCCNC(=O)CCCN3C(=O)CC(SCCCC(=O)NCC(=O)C[C@H]4C([C@H](O)[C@H](O)CO)O[C@](OP(=O)(O)OC[C@H]5O[C@@H](n6ccc(N)nc6=O)C(O)[C@H]5O)(C(=O)O)C[C@H]4O)C3=O)C(O)[C@H]2O)C(O)[C@H]1O. The Morgan fingerprint density at radius 1 is 0.909 bits per heavy atom. The smallest absolute Gasteiger partial charge is 0.475 e. The van der Waals surface area contributed by atoms with Crippen LogP contribution in [0.1, 0.15) is 51.2 Å². The third-order valence-electron chi connectivity index (χ3n) is 14.7. The number of aliphatic carboxylic acids is 1. The average molecular weight is 1310 g/mol. The predicted molar refractivity (Wildman–Crippen MR) is 283 cm³/mol. The maximum absolute atomic E-state index is 13.2. The van der Waals surface area contributed by atoms with Crippen molar-refractivity contribution in [3.63, 3.8) is 0 Å². The zero-order valence-electron chi connectivity index (χ0n) is 46.7. The van der Waals surface area contributed by atoms with E-state index in [1.54, 1.807) is 0 Å². The summed E-state index contributed by atoms with van der Waals surface area (Å²) in [5, 5.41) is 130. The molecule has 17 N–H and O–H groups in total. The van der Waals surface area contributed by atoms with E-state index in [-0.39, 0.29) is 69.8 Å². The molecular weight excluding hydrogens is 1240 g/mol. The second kappa shape index (κ2) is 32.4. The van der Waals surface area contributed by atoms with Crippen molar-refractivity contribution in [2.24, 2.45) is 5.92 Å². The Labute approximate surface area is 502 Å². The number of ketones is 1. The number of phosphoric acid groups is 1. The average Bonchev–Trinajstić information content (AvgIpc) is 1.06. The van der Waals surface area contributed by atoms with Crippen molar-refractivity contribution in [1.29, 1.82) is 0 Å². The summed E-state index contributed by atoms with van der Waals surface area (Å²) in [7, 11) is -4.55. The number of carbonyl (C=O) groups excluding carboxylic acids is 6. The van der Waals surface area contributed by atoms with Crippen molar-refractivity contribution in [1.82, 2.24) is 25.1 Å². The largest absolute Gasteiger partial charge is 0.477 e. The van der Waals surface area contributed by atoms with Gasteiger partial charge < -0.3 is 120 Å². The number of aliphatic hydroxyl groups is 11. The molecule has 6 rings (SSSR count). The molecule has 4 amide bonds. The van der Waals surface area contributed by atoms with Gasteiger partial charge in [0, 0.05) is 64.4 Å². The highest BCUT2D eigenvalue weighted by molar-refractivity contribution is 8.00. The van der Waals surface area contributed by atoms with Crippen LogP contribution in [0.25, 0.3) is 0 Å². The highest BCUT2D eigenvalue weighted by Crippen LogP contribution is 2.52. The number of phosphoric ester groups is 1. The maximum atomic E-state index is 13.2. The summed E-state index contributed by atoms with van der Waals surface area (Å²) in [5.41, 5.74) is 4.47. The first-order valence-corrected chi connectivity index (χ1v) is 29.8. The van der Waals surface area contributed by atoms with Crippen LogP contribution >= 0.6 is 19.6 Å². The molecule has 1 aromatic heterocycles. The number of imide groups is 1. The maximum Gasteiger partial charge on any atom is 0.475 e. The van der Waals surface area contributed by atoms with Crippen molar-refractivity contribution < 1.29 is 151 Å². The number of aliphatic hydroxyl groups excluding tert-OH is 11. The number of ether oxygens (including phenoxy) is 8. The normalized spacial score (nSPS) is 34.8. The van der Waals surface area contributed by atoms with E-state index >= 15 is 0 Å². The van der Waals surface area contributed by atoms with Crippen molar-refractivity contribution in [2.75, 3.05) is 64.7 Å². The van der Waals surface area contributed by atoms with E-state index in [0.717, 1.165) is 34.5 Å². The van der Waals surface area contributed by atoms with Crippen LogP contribution in [0.15, 0.2) is 17.1 Å². The highest BCUT2D eigenvalue weighted by atomic mass is 32.2. The summed E-state index contributed by atoms with van der Waals surface area (Å²) < 4.78 is 66.4. The van der Waals surface area contributed by atoms with Crippen molar-refractivity contribution in [2.45, 2.75) is 167 Å². The molecule has 40 heteroatoms. The first kappa shape index (κ1) is 72.2. The Morgan fingerprint density at radius 3 is 2.25 bits per heavy atom. The number of thioether (sulfide) groups is 1. The van der Waals surface area contributed by atoms with Gasteiger partial charge >= 0.3 is 19.5 Å². The number of carbonyl (C=O) groups is 7. The van der Waals surface area contributed by atoms with Gasteiger partial charge in [0.15, 0.2) is 24.6 Å². The van der Waals surface area contributed by atoms with Gasteiger partial charge in [0.05, 0.1) is 50.4 Å². The highest BCUT2D eigenvalue weighted by Gasteiger charge is 2.59. The van der Waals surface area contributed by atoms with Crippen LogP contribution in [-0.2, 0) is 85.1 Å². The zero-order chi connectivity index (χ0) is 64.9. The van der Waals surface area contributed by atoms with Crippen LogP contribution in [0.5, 0.6) is 0 Å². The quantitative estimate of drug-likeness (QED) is 0.0134. The number of anilines is 1. The molecule has 5 aliphatic rings. The van der Waals surface area contributed by atoms with Gasteiger partial charge in [-0.3, -0.25) is 42.8 Å². The van der Waals surface area contributed by atoms with E-state index < -0.39 is 216 Å². The number of nitrogens with two attached hydrogens (primary N) is 1. The first-order chi connectivity index (χ1) is 41.6. The lowest BCUT2D eigenvalue weighted by Gasteiger charge is -2.46. The van der Waals surface area contributed by atoms with E-state index in [9.17, 15) is 109 Å². The fourth-order valence-corrected chi connectivity index (χ4v) is 12.1. The van der Waals surface area contributed by atoms with Crippen molar-refractivity contribution in [3.05, 3.63) is 22.7 Å². The van der Waals surface area contributed by atoms with E-state index in [1.165, 1.54) is 6.07 Å². The molecule has 8 unspecified atom stereocenters. The second-order valence-corrected chi connectivity index (χ2v) is 23.4. The van der Waals surface area contributed by atoms with Gasteiger partial charge in [0.25, 0.3) is 12.3 Å². The van der Waals surface area contributed by atoms with Crippen molar-refractivity contribution >= 4 is 67.3 Å². The molecule has 0 aliphatic carbocycles. The molecule has 498 valence electrons. The minimum atomic E-state index is -5.70. The number of carboxylic acid groups (broad SMARTS) is 1. The lowest BCUT2D eigenvalue weighted by atomic mass is 9.80. The molecule has 5 fully saturated rings. The number of rotatable bonds is 33. The molecule has 0 radical (unpaired) electrons. The number of nitrogen functional groups attached to an aromatic ring is 1. The lowest BCUT2D eigenvalue weighted by molar-refractivity contribution is -0.378. The van der Waals surface area contributed by atoms with Crippen LogP contribution < -0.4 is 22.1 Å². The van der Waals surface area contributed by atoms with E-state index in [4.69, 9.17) is 52.7 Å². The number of Topliss-reactive ketones (excluding diaryl/α,β-unsaturated/α-hetero) is 1. The molecule has 0 aromatic carbocycles. The van der Waals surface area contributed by atoms with Crippen LogP contribution in [0.3, 0.4) is 0 Å². The van der Waals surface area contributed by atoms with Crippen LogP contribution in [-0.4, -0.2) is 297 Å². The molecule has 0 saturated carbocycles. The zero-order valence-corrected chi connectivity index (χ0v) is 48.4. The van der Waals surface area contributed by atoms with Gasteiger partial charge in [-0.05, 0) is 24.7 Å².